The number of aromatic nitrogens is 3. The van der Waals surface area contributed by atoms with Crippen LogP contribution in [0.5, 0.6) is 0 Å². The number of aliphatic hydroxyl groups excluding tert-OH is 1. The van der Waals surface area contributed by atoms with Crippen molar-refractivity contribution >= 4 is 34.6 Å². The van der Waals surface area contributed by atoms with Crippen molar-refractivity contribution in [1.29, 1.82) is 0 Å². The van der Waals surface area contributed by atoms with E-state index in [-0.39, 0.29) is 12.1 Å². The van der Waals surface area contributed by atoms with Crippen LogP contribution in [0.2, 0.25) is 0 Å². The number of hydrogen-bond acceptors (Lipinski definition) is 8. The highest BCUT2D eigenvalue weighted by Gasteiger charge is 2.16. The van der Waals surface area contributed by atoms with E-state index in [9.17, 15) is 18.3 Å². The fraction of sp³-hybridized carbons (Fsp3) is 0.250. The molecular formula is C28H29F3N6OS. The Kier molecular flexibility index (Phi) is 9.28. The number of nitrogens with zero attached hydrogens (tertiary/aromatic N) is 3. The first kappa shape index (κ1) is 28.2. The molecule has 0 fully saturated rings. The molecule has 204 valence electrons. The maximum absolute atomic E-state index is 14.0. The summed E-state index contributed by atoms with van der Waals surface area (Å²) in [5, 5.41) is 16.6. The number of nitrogens with one attached hydrogen (secondary N) is 2. The minimum Gasteiger partial charge on any atom is -0.383 e. The SMILES string of the molecule is CC/C(=C\c1c(N)ncnc1CC)c1ccc(CNc2ncc(F)cc2C(O)NCc2ccc(F)c(F)c2)s1. The monoisotopic (exact) mass is 554 g/mol. The lowest BCUT2D eigenvalue weighted by atomic mass is 10.1. The van der Waals surface area contributed by atoms with Crippen molar-refractivity contribution in [3.63, 3.8) is 0 Å². The van der Waals surface area contributed by atoms with Crippen LogP contribution in [0, 0.1) is 17.5 Å². The van der Waals surface area contributed by atoms with Gasteiger partial charge < -0.3 is 16.2 Å². The number of halogens is 3. The Labute approximate surface area is 228 Å². The number of aliphatic hydroxyl groups is 1. The lowest BCUT2D eigenvalue weighted by Gasteiger charge is -2.17. The zero-order valence-corrected chi connectivity index (χ0v) is 22.3. The van der Waals surface area contributed by atoms with Gasteiger partial charge in [0.2, 0.25) is 0 Å². The molecule has 11 heteroatoms. The third-order valence-corrected chi connectivity index (χ3v) is 7.26. The molecule has 0 saturated carbocycles. The van der Waals surface area contributed by atoms with Crippen molar-refractivity contribution in [2.45, 2.75) is 46.0 Å². The molecule has 4 rings (SSSR count). The Balaban J connectivity index is 1.47. The number of nitrogens with two attached hydrogens (primary N) is 1. The van der Waals surface area contributed by atoms with Crippen LogP contribution in [0.4, 0.5) is 24.8 Å². The summed E-state index contributed by atoms with van der Waals surface area (Å²) in [5.41, 5.74) is 9.55. The molecule has 1 atom stereocenters. The van der Waals surface area contributed by atoms with Crippen molar-refractivity contribution in [3.05, 3.63) is 98.5 Å². The normalized spacial score (nSPS) is 12.5. The summed E-state index contributed by atoms with van der Waals surface area (Å²) in [6.07, 6.45) is 4.78. The predicted octanol–water partition coefficient (Wildman–Crippen LogP) is 5.84. The maximum Gasteiger partial charge on any atom is 0.159 e. The van der Waals surface area contributed by atoms with Crippen molar-refractivity contribution < 1.29 is 18.3 Å². The van der Waals surface area contributed by atoms with E-state index in [4.69, 9.17) is 5.73 Å². The molecule has 0 aliphatic carbocycles. The zero-order chi connectivity index (χ0) is 27.9. The van der Waals surface area contributed by atoms with Gasteiger partial charge in [0.15, 0.2) is 11.6 Å². The van der Waals surface area contributed by atoms with Gasteiger partial charge in [-0.25, -0.2) is 28.1 Å². The molecule has 7 nitrogen and oxygen atoms in total. The van der Waals surface area contributed by atoms with E-state index in [2.05, 4.69) is 32.5 Å². The van der Waals surface area contributed by atoms with Gasteiger partial charge in [-0.3, -0.25) is 5.32 Å². The number of hydrogen-bond donors (Lipinski definition) is 4. The number of benzene rings is 1. The Morgan fingerprint density at radius 2 is 1.87 bits per heavy atom. The molecule has 0 amide bonds. The molecule has 39 heavy (non-hydrogen) atoms. The molecule has 1 unspecified atom stereocenters. The molecule has 3 aromatic heterocycles. The van der Waals surface area contributed by atoms with Crippen molar-refractivity contribution in [2.24, 2.45) is 0 Å². The number of rotatable bonds is 11. The largest absolute Gasteiger partial charge is 0.383 e. The molecular weight excluding hydrogens is 525 g/mol. The van der Waals surface area contributed by atoms with Gasteiger partial charge in [0.1, 0.15) is 30.0 Å². The van der Waals surface area contributed by atoms with E-state index in [1.807, 2.05) is 25.1 Å². The quantitative estimate of drug-likeness (QED) is 0.173. The number of aryl methyl sites for hydroxylation is 1. The van der Waals surface area contributed by atoms with Crippen LogP contribution in [0.3, 0.4) is 0 Å². The molecule has 0 aliphatic heterocycles. The number of nitrogen functional groups attached to an aromatic ring is 1. The Bertz CT molecular complexity index is 1480. The first-order chi connectivity index (χ1) is 18.8. The Morgan fingerprint density at radius 3 is 2.62 bits per heavy atom. The van der Waals surface area contributed by atoms with Crippen LogP contribution < -0.4 is 16.4 Å². The molecule has 0 spiro atoms. The molecule has 3 heterocycles. The van der Waals surface area contributed by atoms with Crippen molar-refractivity contribution in [3.8, 4) is 0 Å². The van der Waals surface area contributed by atoms with E-state index in [1.54, 1.807) is 11.3 Å². The smallest absolute Gasteiger partial charge is 0.159 e. The van der Waals surface area contributed by atoms with Gasteiger partial charge in [0.05, 0.1) is 18.4 Å². The predicted molar refractivity (Wildman–Crippen MR) is 148 cm³/mol. The standard InChI is InChI=1S/C28H29F3N6OS/c1-3-17(10-20-24(4-2)36-15-37-26(20)32)25-8-6-19(39-25)14-34-27-21(11-18(29)13-33-27)28(38)35-12-16-5-7-22(30)23(31)9-16/h5-11,13,15,28,35,38H,3-4,12,14H2,1-2H3,(H,33,34)(H2,32,36,37)/b17-10+. The summed E-state index contributed by atoms with van der Waals surface area (Å²) in [5.74, 6) is -1.82. The topological polar surface area (TPSA) is 109 Å². The molecule has 1 aromatic carbocycles. The van der Waals surface area contributed by atoms with Gasteiger partial charge in [0.25, 0.3) is 0 Å². The summed E-state index contributed by atoms with van der Waals surface area (Å²) < 4.78 is 40.7. The second-order valence-corrected chi connectivity index (χ2v) is 9.91. The number of anilines is 2. The molecule has 5 N–H and O–H groups in total. The summed E-state index contributed by atoms with van der Waals surface area (Å²) in [6.45, 7) is 4.51. The van der Waals surface area contributed by atoms with Crippen LogP contribution in [0.25, 0.3) is 11.6 Å². The average Bonchev–Trinajstić information content (AvgIpc) is 3.40. The van der Waals surface area contributed by atoms with E-state index >= 15 is 0 Å². The summed E-state index contributed by atoms with van der Waals surface area (Å²) in [4.78, 5) is 14.6. The molecule has 0 saturated heterocycles. The molecule has 0 bridgehead atoms. The van der Waals surface area contributed by atoms with Gasteiger partial charge in [-0.1, -0.05) is 19.9 Å². The average molecular weight is 555 g/mol. The third-order valence-electron chi connectivity index (χ3n) is 6.10. The first-order valence-electron chi connectivity index (χ1n) is 12.4. The molecule has 4 aromatic rings. The molecule has 0 radical (unpaired) electrons. The van der Waals surface area contributed by atoms with Crippen LogP contribution >= 0.6 is 11.3 Å². The van der Waals surface area contributed by atoms with Crippen LogP contribution in [-0.4, -0.2) is 20.1 Å². The second-order valence-electron chi connectivity index (χ2n) is 8.74. The third kappa shape index (κ3) is 6.99. The maximum atomic E-state index is 14.0. The van der Waals surface area contributed by atoms with Gasteiger partial charge in [-0.15, -0.1) is 11.3 Å². The number of pyridine rings is 1. The number of allylic oxidation sites excluding steroid dienone is 1. The summed E-state index contributed by atoms with van der Waals surface area (Å²) in [7, 11) is 0. The zero-order valence-electron chi connectivity index (χ0n) is 21.5. The van der Waals surface area contributed by atoms with Gasteiger partial charge in [-0.2, -0.15) is 0 Å². The second kappa shape index (κ2) is 12.8. The van der Waals surface area contributed by atoms with Crippen molar-refractivity contribution in [2.75, 3.05) is 11.1 Å². The van der Waals surface area contributed by atoms with Crippen LogP contribution in [-0.2, 0) is 19.5 Å². The van der Waals surface area contributed by atoms with E-state index in [1.165, 1.54) is 18.5 Å². The number of thiophene rings is 1. The van der Waals surface area contributed by atoms with Gasteiger partial charge in [-0.05, 0) is 60.4 Å². The highest BCUT2D eigenvalue weighted by atomic mass is 32.1. The molecule has 0 aliphatic rings. The minimum atomic E-state index is -1.30. The van der Waals surface area contributed by atoms with Crippen LogP contribution in [0.15, 0.2) is 48.9 Å². The summed E-state index contributed by atoms with van der Waals surface area (Å²) in [6, 6.07) is 8.64. The van der Waals surface area contributed by atoms with E-state index in [0.29, 0.717) is 23.7 Å². The summed E-state index contributed by atoms with van der Waals surface area (Å²) >= 11 is 1.59. The lowest BCUT2D eigenvalue weighted by molar-refractivity contribution is 0.137. The first-order valence-corrected chi connectivity index (χ1v) is 13.2. The highest BCUT2D eigenvalue weighted by Crippen LogP contribution is 2.31. The highest BCUT2D eigenvalue weighted by molar-refractivity contribution is 7.13. The fourth-order valence-electron chi connectivity index (χ4n) is 4.01. The Morgan fingerprint density at radius 1 is 1.05 bits per heavy atom. The van der Waals surface area contributed by atoms with E-state index < -0.39 is 23.7 Å². The van der Waals surface area contributed by atoms with E-state index in [0.717, 1.165) is 57.8 Å². The van der Waals surface area contributed by atoms with Gasteiger partial charge in [0, 0.05) is 27.4 Å². The Hall–Kier alpha value is -3.80. The van der Waals surface area contributed by atoms with Crippen LogP contribution in [0.1, 0.15) is 58.6 Å². The van der Waals surface area contributed by atoms with Crippen molar-refractivity contribution in [1.82, 2.24) is 20.3 Å². The fourth-order valence-corrected chi connectivity index (χ4v) is 5.04. The lowest BCUT2D eigenvalue weighted by Crippen LogP contribution is -2.22. The van der Waals surface area contributed by atoms with Gasteiger partial charge >= 0.3 is 0 Å². The minimum absolute atomic E-state index is 0.0332.